The average Bonchev–Trinajstić information content (AvgIpc) is 3.14. The first-order valence-electron chi connectivity index (χ1n) is 9.75. The molecule has 0 radical (unpaired) electrons. The summed E-state index contributed by atoms with van der Waals surface area (Å²) in [5.41, 5.74) is 3.51. The minimum absolute atomic E-state index is 0.316. The SMILES string of the molecule is C=C1CCCC/C=C2/CCCC2=C1NC(=O)NS(=O)(=O)c1cccc(OC(F)F)c1. The molecule has 2 aliphatic rings. The molecule has 1 aromatic rings. The smallest absolute Gasteiger partial charge is 0.387 e. The predicted molar refractivity (Wildman–Crippen MR) is 108 cm³/mol. The molecule has 0 bridgehead atoms. The lowest BCUT2D eigenvalue weighted by Crippen LogP contribution is -2.39. The van der Waals surface area contributed by atoms with E-state index in [2.05, 4.69) is 22.7 Å². The molecular weight excluding hydrogens is 414 g/mol. The molecule has 1 aromatic carbocycles. The second-order valence-corrected chi connectivity index (χ2v) is 8.88. The Labute approximate surface area is 174 Å². The summed E-state index contributed by atoms with van der Waals surface area (Å²) >= 11 is 0. The maximum atomic E-state index is 12.5. The van der Waals surface area contributed by atoms with Crippen LogP contribution < -0.4 is 14.8 Å². The second-order valence-electron chi connectivity index (χ2n) is 7.20. The minimum atomic E-state index is -4.29. The minimum Gasteiger partial charge on any atom is -0.435 e. The van der Waals surface area contributed by atoms with Gasteiger partial charge in [0.1, 0.15) is 5.75 Å². The Bertz CT molecular complexity index is 1000. The number of carbonyl (C=O) groups is 1. The van der Waals surface area contributed by atoms with Crippen LogP contribution in [0.3, 0.4) is 0 Å². The largest absolute Gasteiger partial charge is 0.435 e. The molecule has 1 fully saturated rings. The number of carbonyl (C=O) groups excluding carboxylic acids is 1. The van der Waals surface area contributed by atoms with Crippen molar-refractivity contribution in [2.75, 3.05) is 0 Å². The number of rotatable bonds is 5. The van der Waals surface area contributed by atoms with Crippen molar-refractivity contribution in [3.05, 3.63) is 59.3 Å². The number of ether oxygens (including phenoxy) is 1. The van der Waals surface area contributed by atoms with Gasteiger partial charge in [-0.1, -0.05) is 18.7 Å². The Hall–Kier alpha value is -2.68. The van der Waals surface area contributed by atoms with Crippen molar-refractivity contribution in [2.45, 2.75) is 56.5 Å². The number of alkyl halides is 2. The van der Waals surface area contributed by atoms with Gasteiger partial charge in [-0.05, 0) is 73.8 Å². The number of sulfonamides is 1. The molecule has 6 nitrogen and oxygen atoms in total. The van der Waals surface area contributed by atoms with E-state index in [1.165, 1.54) is 23.8 Å². The van der Waals surface area contributed by atoms with Gasteiger partial charge < -0.3 is 10.1 Å². The van der Waals surface area contributed by atoms with Crippen LogP contribution in [-0.2, 0) is 10.0 Å². The van der Waals surface area contributed by atoms with Gasteiger partial charge >= 0.3 is 12.6 Å². The molecular formula is C21H24F2N2O4S. The zero-order valence-corrected chi connectivity index (χ0v) is 17.2. The summed E-state index contributed by atoms with van der Waals surface area (Å²) in [6.45, 7) is 0.994. The number of benzene rings is 1. The Morgan fingerprint density at radius 1 is 1.13 bits per heavy atom. The van der Waals surface area contributed by atoms with Gasteiger partial charge in [-0.2, -0.15) is 8.78 Å². The van der Waals surface area contributed by atoms with E-state index in [1.54, 1.807) is 0 Å². The molecule has 0 aliphatic heterocycles. The zero-order chi connectivity index (χ0) is 21.7. The first kappa shape index (κ1) is 22.0. The summed E-state index contributed by atoms with van der Waals surface area (Å²) in [4.78, 5) is 12.2. The van der Waals surface area contributed by atoms with Crippen LogP contribution in [0.5, 0.6) is 5.75 Å². The topological polar surface area (TPSA) is 84.5 Å². The first-order valence-corrected chi connectivity index (χ1v) is 11.2. The van der Waals surface area contributed by atoms with E-state index in [-0.39, 0.29) is 10.6 Å². The number of urea groups is 1. The van der Waals surface area contributed by atoms with E-state index in [0.29, 0.717) is 12.1 Å². The summed E-state index contributed by atoms with van der Waals surface area (Å²) in [7, 11) is -4.29. The van der Waals surface area contributed by atoms with Crippen LogP contribution in [0.4, 0.5) is 13.6 Å². The van der Waals surface area contributed by atoms with Gasteiger partial charge in [0, 0.05) is 11.8 Å². The van der Waals surface area contributed by atoms with Crippen molar-refractivity contribution >= 4 is 16.1 Å². The van der Waals surface area contributed by atoms with Gasteiger partial charge in [0.05, 0.1) is 4.90 Å². The third-order valence-electron chi connectivity index (χ3n) is 5.05. The number of nitrogens with one attached hydrogen (secondary N) is 2. The van der Waals surface area contributed by atoms with Gasteiger partial charge in [-0.15, -0.1) is 0 Å². The van der Waals surface area contributed by atoms with Crippen molar-refractivity contribution in [3.8, 4) is 5.75 Å². The molecule has 0 atom stereocenters. The first-order chi connectivity index (χ1) is 14.3. The second kappa shape index (κ2) is 9.42. The van der Waals surface area contributed by atoms with Gasteiger partial charge in [-0.3, -0.25) is 0 Å². The van der Waals surface area contributed by atoms with Crippen LogP contribution >= 0.6 is 0 Å². The monoisotopic (exact) mass is 438 g/mol. The number of hydrogen-bond donors (Lipinski definition) is 2. The van der Waals surface area contributed by atoms with E-state index in [4.69, 9.17) is 0 Å². The fourth-order valence-electron chi connectivity index (χ4n) is 3.68. The molecule has 0 aromatic heterocycles. The highest BCUT2D eigenvalue weighted by molar-refractivity contribution is 7.90. The lowest BCUT2D eigenvalue weighted by Gasteiger charge is -2.17. The third-order valence-corrected chi connectivity index (χ3v) is 6.37. The number of allylic oxidation sites excluding steroid dienone is 4. The summed E-state index contributed by atoms with van der Waals surface area (Å²) in [5.74, 6) is -0.316. The molecule has 0 unspecified atom stereocenters. The summed E-state index contributed by atoms with van der Waals surface area (Å²) in [6, 6.07) is 3.65. The molecule has 0 spiro atoms. The highest BCUT2D eigenvalue weighted by atomic mass is 32.2. The highest BCUT2D eigenvalue weighted by Gasteiger charge is 2.24. The summed E-state index contributed by atoms with van der Waals surface area (Å²) in [5, 5.41) is 2.67. The fourth-order valence-corrected chi connectivity index (χ4v) is 4.62. The fraction of sp³-hybridized carbons (Fsp3) is 0.381. The van der Waals surface area contributed by atoms with Crippen LogP contribution in [0, 0.1) is 0 Å². The van der Waals surface area contributed by atoms with Crippen LogP contribution in [0.15, 0.2) is 64.2 Å². The van der Waals surface area contributed by atoms with E-state index in [9.17, 15) is 22.0 Å². The Balaban J connectivity index is 1.79. The summed E-state index contributed by atoms with van der Waals surface area (Å²) < 4.78 is 56.0. The Morgan fingerprint density at radius 2 is 1.93 bits per heavy atom. The van der Waals surface area contributed by atoms with Gasteiger partial charge in [0.25, 0.3) is 10.0 Å². The predicted octanol–water partition coefficient (Wildman–Crippen LogP) is 4.77. The van der Waals surface area contributed by atoms with Crippen molar-refractivity contribution < 1.29 is 26.7 Å². The summed E-state index contributed by atoms with van der Waals surface area (Å²) in [6.07, 6.45) is 8.50. The number of halogens is 2. The standard InChI is InChI=1S/C21H24F2N2O4S/c1-14-7-3-2-4-8-15-9-5-12-18(15)19(14)24-21(26)25-30(27,28)17-11-6-10-16(13-17)29-20(22)23/h6,8,10-11,13,20H,1-5,7,9,12H2,(H2,24,25,26)/b15-8-,19-18?. The molecule has 0 heterocycles. The molecule has 1 saturated carbocycles. The molecule has 2 aliphatic carbocycles. The van der Waals surface area contributed by atoms with Crippen LogP contribution in [0.2, 0.25) is 0 Å². The van der Waals surface area contributed by atoms with Crippen molar-refractivity contribution in [1.29, 1.82) is 0 Å². The van der Waals surface area contributed by atoms with Crippen LogP contribution in [-0.4, -0.2) is 21.1 Å². The lowest BCUT2D eigenvalue weighted by molar-refractivity contribution is -0.0500. The number of hydrogen-bond acceptors (Lipinski definition) is 4. The Kier molecular flexibility index (Phi) is 6.91. The van der Waals surface area contributed by atoms with E-state index < -0.39 is 22.7 Å². The maximum Gasteiger partial charge on any atom is 0.387 e. The van der Waals surface area contributed by atoms with Crippen molar-refractivity contribution in [1.82, 2.24) is 10.0 Å². The maximum absolute atomic E-state index is 12.5. The average molecular weight is 438 g/mol. The number of fused-ring (bicyclic) bond motifs is 1. The Morgan fingerprint density at radius 3 is 2.70 bits per heavy atom. The molecule has 162 valence electrons. The van der Waals surface area contributed by atoms with Crippen molar-refractivity contribution in [2.24, 2.45) is 0 Å². The molecule has 0 saturated heterocycles. The van der Waals surface area contributed by atoms with Crippen molar-refractivity contribution in [3.63, 3.8) is 0 Å². The number of amides is 2. The molecule has 9 heteroatoms. The van der Waals surface area contributed by atoms with Gasteiger partial charge in [0.2, 0.25) is 0 Å². The van der Waals surface area contributed by atoms with Crippen LogP contribution in [0.25, 0.3) is 0 Å². The van der Waals surface area contributed by atoms with Crippen LogP contribution in [0.1, 0.15) is 44.9 Å². The highest BCUT2D eigenvalue weighted by Crippen LogP contribution is 2.36. The van der Waals surface area contributed by atoms with E-state index in [1.807, 2.05) is 4.72 Å². The zero-order valence-electron chi connectivity index (χ0n) is 16.4. The van der Waals surface area contributed by atoms with Gasteiger partial charge in [-0.25, -0.2) is 17.9 Å². The van der Waals surface area contributed by atoms with Gasteiger partial charge in [0.15, 0.2) is 0 Å². The normalized spacial score (nSPS) is 19.3. The van der Waals surface area contributed by atoms with E-state index in [0.717, 1.165) is 55.7 Å². The molecule has 3 rings (SSSR count). The lowest BCUT2D eigenvalue weighted by atomic mass is 10.0. The third kappa shape index (κ3) is 5.47. The van der Waals surface area contributed by atoms with E-state index >= 15 is 0 Å². The molecule has 2 amide bonds. The molecule has 30 heavy (non-hydrogen) atoms. The molecule has 2 N–H and O–H groups in total. The quantitative estimate of drug-likeness (QED) is 0.694.